The second kappa shape index (κ2) is 10.3. The zero-order valence-corrected chi connectivity index (χ0v) is 21.9. The molecule has 0 bridgehead atoms. The van der Waals surface area contributed by atoms with Crippen molar-refractivity contribution >= 4 is 28.3 Å². The van der Waals surface area contributed by atoms with Crippen LogP contribution >= 0.6 is 0 Å². The van der Waals surface area contributed by atoms with Gasteiger partial charge in [0.2, 0.25) is 5.91 Å². The van der Waals surface area contributed by atoms with E-state index < -0.39 is 5.66 Å². The Labute approximate surface area is 219 Å². The van der Waals surface area contributed by atoms with Gasteiger partial charge in [-0.25, -0.2) is 0 Å². The van der Waals surface area contributed by atoms with Gasteiger partial charge in [-0.3, -0.25) is 4.79 Å². The molecule has 2 heterocycles. The molecule has 3 N–H and O–H groups in total. The lowest BCUT2D eigenvalue weighted by atomic mass is 9.72. The van der Waals surface area contributed by atoms with Gasteiger partial charge in [0.05, 0.1) is 23.9 Å². The molecule has 3 aromatic rings. The molecule has 3 aliphatic rings. The van der Waals surface area contributed by atoms with Gasteiger partial charge in [0.1, 0.15) is 0 Å². The van der Waals surface area contributed by atoms with Gasteiger partial charge in [0.15, 0.2) is 22.8 Å². The van der Waals surface area contributed by atoms with E-state index in [2.05, 4.69) is 40.2 Å². The normalized spacial score (nSPS) is 20.6. The zero-order chi connectivity index (χ0) is 25.2. The number of nitrogens with one attached hydrogen (secondary N) is 3. The van der Waals surface area contributed by atoms with Gasteiger partial charge in [-0.2, -0.15) is 0 Å². The first-order chi connectivity index (χ1) is 18.2. The fourth-order valence-electron chi connectivity index (χ4n) is 6.86. The summed E-state index contributed by atoms with van der Waals surface area (Å²) in [7, 11) is 0. The molecule has 196 valence electrons. The summed E-state index contributed by atoms with van der Waals surface area (Å²) in [5.41, 5.74) is 1.85. The standard InChI is InChI=1S/C31H39N3O3/c1-2-36-26-19-11-14-22-20-27(37-29(22)26)31(33-24-17-9-10-18-25(24)34-31)28(21-12-5-3-6-13-21)30(35)32-23-15-7-4-8-16-23/h9-11,14,17-21,23,28,33-34H,2-8,12-13,15-16H2,1H3,(H,32,35). The quantitative estimate of drug-likeness (QED) is 0.320. The molecule has 2 fully saturated rings. The maximum absolute atomic E-state index is 14.4. The van der Waals surface area contributed by atoms with E-state index in [0.29, 0.717) is 6.61 Å². The number of amides is 1. The first kappa shape index (κ1) is 24.2. The van der Waals surface area contributed by atoms with Crippen molar-refractivity contribution in [3.8, 4) is 5.75 Å². The molecule has 6 heteroatoms. The Morgan fingerprint density at radius 1 is 0.973 bits per heavy atom. The van der Waals surface area contributed by atoms with Crippen molar-refractivity contribution in [2.45, 2.75) is 82.8 Å². The van der Waals surface area contributed by atoms with Crippen molar-refractivity contribution in [1.29, 1.82) is 0 Å². The monoisotopic (exact) mass is 501 g/mol. The SMILES string of the molecule is CCOc1cccc2cc(C3(C(C(=O)NC4CCCCC4)C4CCCCC4)Nc4ccccc4N3)oc12. The average molecular weight is 502 g/mol. The van der Waals surface area contributed by atoms with Crippen LogP contribution in [-0.4, -0.2) is 18.6 Å². The fourth-order valence-corrected chi connectivity index (χ4v) is 6.86. The molecule has 2 saturated carbocycles. The molecule has 1 aromatic heterocycles. The summed E-state index contributed by atoms with van der Waals surface area (Å²) in [5.74, 6) is 1.54. The van der Waals surface area contributed by atoms with Crippen LogP contribution in [0.25, 0.3) is 11.0 Å². The summed E-state index contributed by atoms with van der Waals surface area (Å²) < 4.78 is 12.6. The van der Waals surface area contributed by atoms with Gasteiger partial charge in [-0.1, -0.05) is 62.8 Å². The van der Waals surface area contributed by atoms with Crippen molar-refractivity contribution in [2.75, 3.05) is 17.2 Å². The number of para-hydroxylation sites is 3. The van der Waals surface area contributed by atoms with E-state index in [1.54, 1.807) is 0 Å². The predicted molar refractivity (Wildman–Crippen MR) is 148 cm³/mol. The molecular weight excluding hydrogens is 462 g/mol. The van der Waals surface area contributed by atoms with E-state index in [0.717, 1.165) is 72.4 Å². The number of fused-ring (bicyclic) bond motifs is 2. The van der Waals surface area contributed by atoms with Crippen molar-refractivity contribution < 1.29 is 13.9 Å². The minimum atomic E-state index is -0.882. The van der Waals surface area contributed by atoms with Crippen LogP contribution in [0, 0.1) is 11.8 Å². The van der Waals surface area contributed by atoms with Gasteiger partial charge in [0.25, 0.3) is 0 Å². The highest BCUT2D eigenvalue weighted by atomic mass is 16.5. The lowest BCUT2D eigenvalue weighted by molar-refractivity contribution is -0.130. The fraction of sp³-hybridized carbons (Fsp3) is 0.516. The molecule has 1 unspecified atom stereocenters. The number of furan rings is 1. The number of rotatable bonds is 7. The molecule has 1 atom stereocenters. The second-order valence-electron chi connectivity index (χ2n) is 11.0. The summed E-state index contributed by atoms with van der Waals surface area (Å²) in [5, 5.41) is 12.0. The lowest BCUT2D eigenvalue weighted by Crippen LogP contribution is -2.56. The number of ether oxygens (including phenoxy) is 1. The molecule has 0 spiro atoms. The predicted octanol–water partition coefficient (Wildman–Crippen LogP) is 7.17. The Bertz CT molecular complexity index is 1210. The highest BCUT2D eigenvalue weighted by Gasteiger charge is 2.54. The van der Waals surface area contributed by atoms with Crippen molar-refractivity contribution in [1.82, 2.24) is 5.32 Å². The van der Waals surface area contributed by atoms with Crippen LogP contribution in [-0.2, 0) is 10.5 Å². The highest BCUT2D eigenvalue weighted by molar-refractivity contribution is 5.89. The van der Waals surface area contributed by atoms with Crippen LogP contribution in [0.5, 0.6) is 5.75 Å². The molecule has 2 aliphatic carbocycles. The smallest absolute Gasteiger partial charge is 0.228 e. The first-order valence-corrected chi connectivity index (χ1v) is 14.3. The number of carbonyl (C=O) groups is 1. The van der Waals surface area contributed by atoms with Gasteiger partial charge < -0.3 is 25.1 Å². The van der Waals surface area contributed by atoms with Crippen LogP contribution < -0.4 is 20.7 Å². The van der Waals surface area contributed by atoms with Crippen LogP contribution in [0.4, 0.5) is 11.4 Å². The largest absolute Gasteiger partial charge is 0.490 e. The third kappa shape index (κ3) is 4.55. The van der Waals surface area contributed by atoms with Gasteiger partial charge >= 0.3 is 0 Å². The van der Waals surface area contributed by atoms with E-state index >= 15 is 0 Å². The molecule has 6 nitrogen and oxygen atoms in total. The minimum absolute atomic E-state index is 0.136. The van der Waals surface area contributed by atoms with E-state index in [1.807, 2.05) is 31.2 Å². The van der Waals surface area contributed by atoms with E-state index in [4.69, 9.17) is 9.15 Å². The van der Waals surface area contributed by atoms with E-state index in [9.17, 15) is 4.79 Å². The van der Waals surface area contributed by atoms with Crippen LogP contribution in [0.15, 0.2) is 52.9 Å². The third-order valence-corrected chi connectivity index (χ3v) is 8.61. The minimum Gasteiger partial charge on any atom is -0.490 e. The van der Waals surface area contributed by atoms with Crippen molar-refractivity contribution in [2.24, 2.45) is 11.8 Å². The first-order valence-electron chi connectivity index (χ1n) is 14.3. The zero-order valence-electron chi connectivity index (χ0n) is 21.9. The van der Waals surface area contributed by atoms with Crippen LogP contribution in [0.1, 0.15) is 76.9 Å². The number of hydrogen-bond acceptors (Lipinski definition) is 5. The van der Waals surface area contributed by atoms with Crippen LogP contribution in [0.2, 0.25) is 0 Å². The molecule has 37 heavy (non-hydrogen) atoms. The maximum Gasteiger partial charge on any atom is 0.228 e. The number of anilines is 2. The Hall–Kier alpha value is -3.15. The molecule has 1 aliphatic heterocycles. The van der Waals surface area contributed by atoms with Gasteiger partial charge in [-0.15, -0.1) is 0 Å². The Morgan fingerprint density at radius 2 is 1.65 bits per heavy atom. The third-order valence-electron chi connectivity index (χ3n) is 8.61. The highest BCUT2D eigenvalue weighted by Crippen LogP contribution is 2.50. The van der Waals surface area contributed by atoms with E-state index in [1.165, 1.54) is 25.7 Å². The Balaban J connectivity index is 1.46. The summed E-state index contributed by atoms with van der Waals surface area (Å²) in [6.07, 6.45) is 11.4. The topological polar surface area (TPSA) is 75.5 Å². The molecule has 0 radical (unpaired) electrons. The lowest BCUT2D eigenvalue weighted by Gasteiger charge is -2.42. The molecule has 1 amide bonds. The van der Waals surface area contributed by atoms with Gasteiger partial charge in [0, 0.05) is 11.4 Å². The maximum atomic E-state index is 14.4. The summed E-state index contributed by atoms with van der Waals surface area (Å²) in [6, 6.07) is 16.6. The Kier molecular flexibility index (Phi) is 6.74. The summed E-state index contributed by atoms with van der Waals surface area (Å²) in [4.78, 5) is 14.4. The average Bonchev–Trinajstić information content (AvgIpc) is 3.54. The molecule has 2 aromatic carbocycles. The number of benzene rings is 2. The molecular formula is C31H39N3O3. The summed E-state index contributed by atoms with van der Waals surface area (Å²) >= 11 is 0. The van der Waals surface area contributed by atoms with Crippen molar-refractivity contribution in [3.05, 3.63) is 54.3 Å². The molecule has 0 saturated heterocycles. The van der Waals surface area contributed by atoms with Gasteiger partial charge in [-0.05, 0) is 62.8 Å². The van der Waals surface area contributed by atoms with E-state index in [-0.39, 0.29) is 23.8 Å². The van der Waals surface area contributed by atoms with Crippen LogP contribution in [0.3, 0.4) is 0 Å². The number of carbonyl (C=O) groups excluding carboxylic acids is 1. The number of hydrogen-bond donors (Lipinski definition) is 3. The second-order valence-corrected chi connectivity index (χ2v) is 11.0. The Morgan fingerprint density at radius 3 is 2.32 bits per heavy atom. The summed E-state index contributed by atoms with van der Waals surface area (Å²) in [6.45, 7) is 2.55. The molecule has 6 rings (SSSR count). The van der Waals surface area contributed by atoms with Crippen molar-refractivity contribution in [3.63, 3.8) is 0 Å².